The van der Waals surface area contributed by atoms with Crippen molar-refractivity contribution in [1.82, 2.24) is 9.97 Å². The molecule has 2 aromatic heterocycles. The fourth-order valence-electron chi connectivity index (χ4n) is 4.26. The predicted octanol–water partition coefficient (Wildman–Crippen LogP) is 4.65. The van der Waals surface area contributed by atoms with Gasteiger partial charge in [-0.05, 0) is 55.2 Å². The van der Waals surface area contributed by atoms with E-state index in [-0.39, 0.29) is 18.3 Å². The highest BCUT2D eigenvalue weighted by Gasteiger charge is 2.24. The van der Waals surface area contributed by atoms with Gasteiger partial charge in [0.25, 0.3) is 0 Å². The fourth-order valence-corrected chi connectivity index (χ4v) is 4.26. The van der Waals surface area contributed by atoms with Crippen LogP contribution in [-0.4, -0.2) is 29.1 Å². The Kier molecular flexibility index (Phi) is 6.32. The Bertz CT molecular complexity index is 1090. The number of benzene rings is 1. The molecule has 3 N–H and O–H groups in total. The maximum absolute atomic E-state index is 14.4. The molecule has 0 saturated carbocycles. The zero-order chi connectivity index (χ0) is 22.8. The summed E-state index contributed by atoms with van der Waals surface area (Å²) in [5.41, 5.74) is 8.01. The van der Waals surface area contributed by atoms with Gasteiger partial charge in [0.1, 0.15) is 23.1 Å². The van der Waals surface area contributed by atoms with Gasteiger partial charge >= 0.3 is 0 Å². The van der Waals surface area contributed by atoms with Crippen molar-refractivity contribution in [1.29, 1.82) is 0 Å². The van der Waals surface area contributed by atoms with E-state index < -0.39 is 23.0 Å². The summed E-state index contributed by atoms with van der Waals surface area (Å²) in [5.74, 6) is -2.00. The average Bonchev–Trinajstić information content (AvgIpc) is 2.73. The Morgan fingerprint density at radius 1 is 1.09 bits per heavy atom. The molecule has 0 radical (unpaired) electrons. The first kappa shape index (κ1) is 22.1. The van der Waals surface area contributed by atoms with Crippen molar-refractivity contribution in [3.63, 3.8) is 0 Å². The number of hydrogen-bond acceptors (Lipinski definition) is 5. The van der Waals surface area contributed by atoms with Crippen LogP contribution in [0.25, 0.3) is 11.3 Å². The molecule has 3 heterocycles. The van der Waals surface area contributed by atoms with Crippen LogP contribution in [0.5, 0.6) is 0 Å². The number of nitrogens with two attached hydrogens (primary N) is 1. The van der Waals surface area contributed by atoms with Crippen molar-refractivity contribution in [3.8, 4) is 11.3 Å². The van der Waals surface area contributed by atoms with Crippen LogP contribution in [0.4, 0.5) is 24.5 Å². The summed E-state index contributed by atoms with van der Waals surface area (Å²) in [6, 6.07) is 7.01. The average molecular weight is 442 g/mol. The van der Waals surface area contributed by atoms with Crippen molar-refractivity contribution in [3.05, 3.63) is 71.4 Å². The van der Waals surface area contributed by atoms with Crippen molar-refractivity contribution in [2.24, 2.45) is 11.7 Å². The molecule has 0 bridgehead atoms. The molecule has 1 aromatic carbocycles. The number of nitrogens with zero attached hydrogens (tertiary/aromatic N) is 3. The fraction of sp³-hybridized carbons (Fsp3) is 0.333. The molecule has 0 spiro atoms. The summed E-state index contributed by atoms with van der Waals surface area (Å²) in [7, 11) is 0. The van der Waals surface area contributed by atoms with E-state index in [9.17, 15) is 13.2 Å². The Balaban J connectivity index is 1.58. The van der Waals surface area contributed by atoms with Gasteiger partial charge in [0.2, 0.25) is 0 Å². The lowest BCUT2D eigenvalue weighted by Gasteiger charge is -2.37. The van der Waals surface area contributed by atoms with Gasteiger partial charge in [-0.3, -0.25) is 4.98 Å². The van der Waals surface area contributed by atoms with E-state index in [2.05, 4.69) is 27.1 Å². The van der Waals surface area contributed by atoms with Crippen molar-refractivity contribution < 1.29 is 13.2 Å². The molecule has 168 valence electrons. The second kappa shape index (κ2) is 9.16. The van der Waals surface area contributed by atoms with E-state index in [1.54, 1.807) is 19.3 Å². The van der Waals surface area contributed by atoms with E-state index in [0.29, 0.717) is 17.2 Å². The number of aromatic nitrogens is 2. The first-order chi connectivity index (χ1) is 15.3. The molecule has 0 aliphatic carbocycles. The second-order valence-electron chi connectivity index (χ2n) is 8.49. The first-order valence-corrected chi connectivity index (χ1v) is 10.6. The highest BCUT2D eigenvalue weighted by Crippen LogP contribution is 2.30. The van der Waals surface area contributed by atoms with Crippen LogP contribution in [0.15, 0.2) is 42.7 Å². The molecular weight excluding hydrogens is 415 g/mol. The molecule has 1 fully saturated rings. The van der Waals surface area contributed by atoms with E-state index in [4.69, 9.17) is 5.73 Å². The lowest BCUT2D eigenvalue weighted by molar-refractivity contribution is 0.402. The summed E-state index contributed by atoms with van der Waals surface area (Å²) >= 11 is 0. The summed E-state index contributed by atoms with van der Waals surface area (Å²) < 4.78 is 43.2. The predicted molar refractivity (Wildman–Crippen MR) is 120 cm³/mol. The topological polar surface area (TPSA) is 67.1 Å². The van der Waals surface area contributed by atoms with E-state index in [0.717, 1.165) is 43.0 Å². The molecule has 3 aromatic rings. The van der Waals surface area contributed by atoms with Gasteiger partial charge in [-0.25, -0.2) is 18.2 Å². The number of rotatable bonds is 5. The maximum Gasteiger partial charge on any atom is 0.149 e. The van der Waals surface area contributed by atoms with Gasteiger partial charge in [-0.2, -0.15) is 0 Å². The Labute approximate surface area is 185 Å². The van der Waals surface area contributed by atoms with Crippen LogP contribution in [0.3, 0.4) is 0 Å². The SMILES string of the molecule is Cc1cc(F)c(-c2nc(CNc3cnccc3N3CC(C)CC(N)C3)ccc2F)c(F)c1. The minimum atomic E-state index is -0.843. The number of nitrogens with one attached hydrogen (secondary N) is 1. The normalized spacial score (nSPS) is 18.6. The second-order valence-corrected chi connectivity index (χ2v) is 8.49. The van der Waals surface area contributed by atoms with Crippen molar-refractivity contribution >= 4 is 11.4 Å². The smallest absolute Gasteiger partial charge is 0.149 e. The van der Waals surface area contributed by atoms with Gasteiger partial charge in [-0.15, -0.1) is 0 Å². The Morgan fingerprint density at radius 3 is 2.56 bits per heavy atom. The molecule has 2 atom stereocenters. The zero-order valence-corrected chi connectivity index (χ0v) is 18.1. The third-order valence-electron chi connectivity index (χ3n) is 5.62. The molecule has 1 aliphatic heterocycles. The third-order valence-corrected chi connectivity index (χ3v) is 5.62. The Morgan fingerprint density at radius 2 is 1.84 bits per heavy atom. The van der Waals surface area contributed by atoms with Gasteiger partial charge in [0.15, 0.2) is 0 Å². The molecule has 8 heteroatoms. The standard InChI is InChI=1S/C24H26F3N5/c1-14-8-19(26)23(20(27)9-14)24-18(25)4-3-17(31-24)10-30-21-11-29-6-5-22(21)32-12-15(2)7-16(28)13-32/h3-6,8-9,11,15-16,30H,7,10,12-13,28H2,1-2H3. The van der Waals surface area contributed by atoms with Crippen LogP contribution in [0.2, 0.25) is 0 Å². The molecule has 0 amide bonds. The summed E-state index contributed by atoms with van der Waals surface area (Å²) in [6.07, 6.45) is 4.42. The number of anilines is 2. The van der Waals surface area contributed by atoms with Crippen molar-refractivity contribution in [2.75, 3.05) is 23.3 Å². The minimum Gasteiger partial charge on any atom is -0.376 e. The highest BCUT2D eigenvalue weighted by molar-refractivity contribution is 5.69. The molecule has 4 rings (SSSR count). The highest BCUT2D eigenvalue weighted by atomic mass is 19.1. The van der Waals surface area contributed by atoms with E-state index in [1.807, 2.05) is 6.07 Å². The number of aryl methyl sites for hydroxylation is 1. The lowest BCUT2D eigenvalue weighted by atomic mass is 9.96. The van der Waals surface area contributed by atoms with E-state index >= 15 is 0 Å². The number of pyridine rings is 2. The van der Waals surface area contributed by atoms with Crippen molar-refractivity contribution in [2.45, 2.75) is 32.9 Å². The summed E-state index contributed by atoms with van der Waals surface area (Å²) in [5, 5.41) is 3.28. The largest absolute Gasteiger partial charge is 0.376 e. The van der Waals surface area contributed by atoms with Crippen LogP contribution >= 0.6 is 0 Å². The lowest BCUT2D eigenvalue weighted by Crippen LogP contribution is -2.46. The van der Waals surface area contributed by atoms with Gasteiger partial charge < -0.3 is 16.0 Å². The minimum absolute atomic E-state index is 0.0976. The molecular formula is C24H26F3N5. The van der Waals surface area contributed by atoms with Gasteiger partial charge in [0.05, 0.1) is 35.4 Å². The number of hydrogen-bond donors (Lipinski definition) is 2. The maximum atomic E-state index is 14.4. The van der Waals surface area contributed by atoms with Crippen LogP contribution in [0.1, 0.15) is 24.6 Å². The van der Waals surface area contributed by atoms with Gasteiger partial charge in [-0.1, -0.05) is 6.92 Å². The molecule has 5 nitrogen and oxygen atoms in total. The zero-order valence-electron chi connectivity index (χ0n) is 18.1. The quantitative estimate of drug-likeness (QED) is 0.603. The summed E-state index contributed by atoms with van der Waals surface area (Å²) in [6.45, 7) is 5.61. The number of piperidine rings is 1. The summed E-state index contributed by atoms with van der Waals surface area (Å²) in [4.78, 5) is 10.6. The van der Waals surface area contributed by atoms with Crippen LogP contribution < -0.4 is 16.0 Å². The first-order valence-electron chi connectivity index (χ1n) is 10.6. The Hall–Kier alpha value is -3.13. The van der Waals surface area contributed by atoms with Crippen LogP contribution in [-0.2, 0) is 6.54 Å². The molecule has 2 unspecified atom stereocenters. The monoisotopic (exact) mass is 441 g/mol. The molecule has 1 saturated heterocycles. The van der Waals surface area contributed by atoms with Crippen LogP contribution in [0, 0.1) is 30.3 Å². The van der Waals surface area contributed by atoms with E-state index in [1.165, 1.54) is 12.1 Å². The molecule has 1 aliphatic rings. The number of halogens is 3. The van der Waals surface area contributed by atoms with Gasteiger partial charge in [0, 0.05) is 25.3 Å². The molecule has 32 heavy (non-hydrogen) atoms. The third kappa shape index (κ3) is 4.70.